The van der Waals surface area contributed by atoms with Crippen LogP contribution in [0.15, 0.2) is 16.9 Å². The van der Waals surface area contributed by atoms with E-state index >= 15 is 0 Å². The fourth-order valence-corrected chi connectivity index (χ4v) is 3.31. The highest BCUT2D eigenvalue weighted by Gasteiger charge is 2.45. The largest absolute Gasteiger partial charge is 0.317 e. The summed E-state index contributed by atoms with van der Waals surface area (Å²) in [6.07, 6.45) is 9.33. The molecular weight excluding hydrogens is 325 g/mol. The molecule has 0 atom stereocenters. The predicted octanol–water partition coefficient (Wildman–Crippen LogP) is 3.19. The minimum atomic E-state index is 0. The number of hydrogen-bond donors (Lipinski definition) is 1. The van der Waals surface area contributed by atoms with Crippen LogP contribution in [-0.4, -0.2) is 22.9 Å². The summed E-state index contributed by atoms with van der Waals surface area (Å²) in [5, 5.41) is 7.81. The van der Waals surface area contributed by atoms with Crippen LogP contribution in [0.4, 0.5) is 0 Å². The number of rotatable bonds is 1. The van der Waals surface area contributed by atoms with E-state index in [-0.39, 0.29) is 24.8 Å². The van der Waals surface area contributed by atoms with Crippen molar-refractivity contribution in [3.05, 3.63) is 16.9 Å². The van der Waals surface area contributed by atoms with Crippen molar-refractivity contribution in [2.24, 2.45) is 5.41 Å². The molecule has 1 saturated carbocycles. The van der Waals surface area contributed by atoms with Crippen LogP contribution >= 0.6 is 40.7 Å². The van der Waals surface area contributed by atoms with Gasteiger partial charge >= 0.3 is 0 Å². The Morgan fingerprint density at radius 1 is 1.29 bits per heavy atom. The van der Waals surface area contributed by atoms with Crippen LogP contribution in [0.2, 0.25) is 0 Å². The zero-order valence-electron chi connectivity index (χ0n) is 9.56. The average Bonchev–Trinajstić information content (AvgIpc) is 2.62. The van der Waals surface area contributed by atoms with E-state index in [9.17, 15) is 0 Å². The first-order valence-corrected chi connectivity index (χ1v) is 6.47. The third-order valence-corrected chi connectivity index (χ3v) is 4.36. The molecule has 0 unspecified atom stereocenters. The van der Waals surface area contributed by atoms with Crippen molar-refractivity contribution in [3.8, 4) is 0 Å². The van der Waals surface area contributed by atoms with Gasteiger partial charge in [-0.15, -0.1) is 24.8 Å². The molecule has 1 aromatic heterocycles. The Labute approximate surface area is 123 Å². The van der Waals surface area contributed by atoms with Crippen molar-refractivity contribution < 1.29 is 0 Å². The van der Waals surface area contributed by atoms with Crippen LogP contribution in [0.25, 0.3) is 0 Å². The van der Waals surface area contributed by atoms with Crippen LogP contribution in [0.5, 0.6) is 0 Å². The van der Waals surface area contributed by atoms with E-state index < -0.39 is 0 Å². The fraction of sp³-hybridized carbons (Fsp3) is 0.727. The van der Waals surface area contributed by atoms with E-state index in [0.717, 1.165) is 4.47 Å². The van der Waals surface area contributed by atoms with E-state index in [1.807, 2.05) is 6.20 Å². The quantitative estimate of drug-likeness (QED) is 0.849. The van der Waals surface area contributed by atoms with Crippen LogP contribution in [0.3, 0.4) is 0 Å². The molecular formula is C11H18BrCl2N3. The minimum Gasteiger partial charge on any atom is -0.317 e. The average molecular weight is 343 g/mol. The van der Waals surface area contributed by atoms with E-state index in [1.54, 1.807) is 0 Å². The van der Waals surface area contributed by atoms with Gasteiger partial charge in [0.05, 0.1) is 16.7 Å². The molecule has 2 fully saturated rings. The number of piperidine rings is 1. The van der Waals surface area contributed by atoms with Gasteiger partial charge in [-0.2, -0.15) is 5.10 Å². The van der Waals surface area contributed by atoms with Gasteiger partial charge in [-0.25, -0.2) is 0 Å². The molecule has 98 valence electrons. The van der Waals surface area contributed by atoms with E-state index in [2.05, 4.69) is 37.2 Å². The Bertz CT molecular complexity index is 355. The molecule has 1 aliphatic heterocycles. The summed E-state index contributed by atoms with van der Waals surface area (Å²) in [7, 11) is 0. The van der Waals surface area contributed by atoms with Crippen LogP contribution < -0.4 is 5.32 Å². The number of aromatic nitrogens is 2. The minimum absolute atomic E-state index is 0. The molecule has 2 heterocycles. The second-order valence-electron chi connectivity index (χ2n) is 4.95. The topological polar surface area (TPSA) is 29.9 Å². The molecule has 3 rings (SSSR count). The summed E-state index contributed by atoms with van der Waals surface area (Å²) in [5.41, 5.74) is 0.647. The van der Waals surface area contributed by atoms with Gasteiger partial charge in [-0.3, -0.25) is 4.68 Å². The number of hydrogen-bond acceptors (Lipinski definition) is 2. The maximum absolute atomic E-state index is 4.37. The molecule has 1 aromatic rings. The molecule has 1 aliphatic carbocycles. The predicted molar refractivity (Wildman–Crippen MR) is 77.2 cm³/mol. The van der Waals surface area contributed by atoms with Gasteiger partial charge in [0.2, 0.25) is 0 Å². The SMILES string of the molecule is Brc1cnn(C2CC3(CCNCC3)C2)c1.Cl.Cl. The van der Waals surface area contributed by atoms with E-state index in [1.165, 1.54) is 38.8 Å². The van der Waals surface area contributed by atoms with Gasteiger partial charge in [0.25, 0.3) is 0 Å². The maximum Gasteiger partial charge on any atom is 0.0632 e. The van der Waals surface area contributed by atoms with Crippen LogP contribution in [0.1, 0.15) is 31.7 Å². The van der Waals surface area contributed by atoms with Gasteiger partial charge in [-0.05, 0) is 60.1 Å². The summed E-state index contributed by atoms with van der Waals surface area (Å²) in [6.45, 7) is 2.41. The van der Waals surface area contributed by atoms with Gasteiger partial charge in [0.15, 0.2) is 0 Å². The van der Waals surface area contributed by atoms with Gasteiger partial charge in [0.1, 0.15) is 0 Å². The molecule has 1 N–H and O–H groups in total. The molecule has 6 heteroatoms. The lowest BCUT2D eigenvalue weighted by atomic mass is 9.60. The molecule has 3 nitrogen and oxygen atoms in total. The lowest BCUT2D eigenvalue weighted by Gasteiger charge is -2.50. The molecule has 0 bridgehead atoms. The highest BCUT2D eigenvalue weighted by molar-refractivity contribution is 9.10. The van der Waals surface area contributed by atoms with Crippen LogP contribution in [-0.2, 0) is 0 Å². The fourth-order valence-electron chi connectivity index (χ4n) is 3.01. The monoisotopic (exact) mass is 341 g/mol. The highest BCUT2D eigenvalue weighted by atomic mass is 79.9. The second kappa shape index (κ2) is 5.91. The third-order valence-electron chi connectivity index (χ3n) is 3.95. The molecule has 1 spiro atoms. The summed E-state index contributed by atoms with van der Waals surface area (Å²) < 4.78 is 3.21. The van der Waals surface area contributed by atoms with Crippen molar-refractivity contribution in [3.63, 3.8) is 0 Å². The number of nitrogens with zero attached hydrogens (tertiary/aromatic N) is 2. The van der Waals surface area contributed by atoms with E-state index in [0.29, 0.717) is 11.5 Å². The molecule has 0 radical (unpaired) electrons. The lowest BCUT2D eigenvalue weighted by Crippen LogP contribution is -2.46. The summed E-state index contributed by atoms with van der Waals surface area (Å²) in [5.74, 6) is 0. The van der Waals surface area contributed by atoms with Crippen LogP contribution in [0, 0.1) is 5.41 Å². The summed E-state index contributed by atoms with van der Waals surface area (Å²) in [6, 6.07) is 0.648. The zero-order chi connectivity index (χ0) is 10.3. The Morgan fingerprint density at radius 3 is 2.47 bits per heavy atom. The first kappa shape index (κ1) is 15.3. The van der Waals surface area contributed by atoms with Crippen molar-refractivity contribution in [2.75, 3.05) is 13.1 Å². The van der Waals surface area contributed by atoms with Gasteiger partial charge < -0.3 is 5.32 Å². The van der Waals surface area contributed by atoms with Gasteiger partial charge in [0, 0.05) is 6.20 Å². The third kappa shape index (κ3) is 2.98. The maximum atomic E-state index is 4.37. The molecule has 2 aliphatic rings. The highest BCUT2D eigenvalue weighted by Crippen LogP contribution is 2.53. The smallest absolute Gasteiger partial charge is 0.0632 e. The Hall–Kier alpha value is 0.230. The number of halogens is 3. The van der Waals surface area contributed by atoms with Crippen molar-refractivity contribution in [1.29, 1.82) is 0 Å². The second-order valence-corrected chi connectivity index (χ2v) is 5.87. The number of nitrogens with one attached hydrogen (secondary N) is 1. The Morgan fingerprint density at radius 2 is 1.94 bits per heavy atom. The zero-order valence-corrected chi connectivity index (χ0v) is 12.8. The Balaban J connectivity index is 0.000000722. The molecule has 0 amide bonds. The van der Waals surface area contributed by atoms with Crippen molar-refractivity contribution in [2.45, 2.75) is 31.7 Å². The van der Waals surface area contributed by atoms with Crippen molar-refractivity contribution >= 4 is 40.7 Å². The first-order chi connectivity index (χ1) is 7.27. The molecule has 17 heavy (non-hydrogen) atoms. The van der Waals surface area contributed by atoms with Gasteiger partial charge in [-0.1, -0.05) is 0 Å². The normalized spacial score (nSPS) is 22.4. The standard InChI is InChI=1S/C11H16BrN3.2ClH/c12-9-7-14-15(8-9)10-5-11(6-10)1-3-13-4-2-11;;/h7-8,10,13H,1-6H2;2*1H. The summed E-state index contributed by atoms with van der Waals surface area (Å²) in [4.78, 5) is 0. The first-order valence-electron chi connectivity index (χ1n) is 5.68. The Kier molecular flexibility index (Phi) is 5.32. The summed E-state index contributed by atoms with van der Waals surface area (Å²) >= 11 is 3.45. The van der Waals surface area contributed by atoms with Crippen molar-refractivity contribution in [1.82, 2.24) is 15.1 Å². The van der Waals surface area contributed by atoms with E-state index in [4.69, 9.17) is 0 Å². The molecule has 0 aromatic carbocycles. The molecule has 1 saturated heterocycles. The lowest BCUT2D eigenvalue weighted by molar-refractivity contribution is 0.0230.